The van der Waals surface area contributed by atoms with Crippen molar-refractivity contribution < 1.29 is 4.42 Å². The first-order valence-electron chi connectivity index (χ1n) is 9.88. The lowest BCUT2D eigenvalue weighted by atomic mass is 10.1. The number of para-hydroxylation sites is 2. The molecule has 0 N–H and O–H groups in total. The molecular formula is C25H18N4O. The molecule has 6 rings (SSSR count). The van der Waals surface area contributed by atoms with E-state index in [1.54, 1.807) is 0 Å². The number of aryl methyl sites for hydroxylation is 2. The third kappa shape index (κ3) is 2.38. The largest absolute Gasteiger partial charge is 0.437 e. The van der Waals surface area contributed by atoms with E-state index in [0.29, 0.717) is 5.71 Å². The zero-order valence-electron chi connectivity index (χ0n) is 16.6. The van der Waals surface area contributed by atoms with Gasteiger partial charge in [0.05, 0.1) is 17.3 Å². The van der Waals surface area contributed by atoms with Gasteiger partial charge in [-0.1, -0.05) is 30.3 Å². The standard InChI is InChI=1S/C25H18N4O/c1-15-13-26-14-21-22(15)29(17-7-4-3-5-8-17)24(28-21)20-10-6-9-18-19-12-11-16(2)27-25(19)30-23(18)20/h3-14H,1-2H3. The summed E-state index contributed by atoms with van der Waals surface area (Å²) in [4.78, 5) is 13.9. The van der Waals surface area contributed by atoms with Gasteiger partial charge in [-0.25, -0.2) is 9.97 Å². The number of hydrogen-bond acceptors (Lipinski definition) is 4. The molecule has 4 heterocycles. The number of nitrogens with zero attached hydrogens (tertiary/aromatic N) is 4. The van der Waals surface area contributed by atoms with Gasteiger partial charge in [0.15, 0.2) is 0 Å². The molecule has 30 heavy (non-hydrogen) atoms. The van der Waals surface area contributed by atoms with Gasteiger partial charge in [0.2, 0.25) is 5.71 Å². The fourth-order valence-corrected chi connectivity index (χ4v) is 4.14. The molecule has 5 heteroatoms. The number of hydrogen-bond donors (Lipinski definition) is 0. The predicted octanol–water partition coefficient (Wildman–Crippen LogP) is 6.00. The normalized spacial score (nSPS) is 11.7. The number of pyridine rings is 2. The van der Waals surface area contributed by atoms with Crippen molar-refractivity contribution in [1.82, 2.24) is 19.5 Å². The number of imidazole rings is 1. The Kier molecular flexibility index (Phi) is 3.53. The van der Waals surface area contributed by atoms with E-state index in [2.05, 4.69) is 51.8 Å². The smallest absolute Gasteiger partial charge is 0.227 e. The zero-order chi connectivity index (χ0) is 20.2. The van der Waals surface area contributed by atoms with E-state index in [-0.39, 0.29) is 0 Å². The van der Waals surface area contributed by atoms with Crippen LogP contribution in [0.15, 0.2) is 77.5 Å². The van der Waals surface area contributed by atoms with Crippen molar-refractivity contribution in [3.05, 3.63) is 84.3 Å². The number of furan rings is 1. The average Bonchev–Trinajstić information content (AvgIpc) is 3.33. The Morgan fingerprint density at radius 3 is 2.53 bits per heavy atom. The quantitative estimate of drug-likeness (QED) is 0.364. The summed E-state index contributed by atoms with van der Waals surface area (Å²) in [7, 11) is 0. The molecule has 0 fully saturated rings. The number of rotatable bonds is 2. The second kappa shape index (κ2) is 6.26. The number of fused-ring (bicyclic) bond motifs is 4. The summed E-state index contributed by atoms with van der Waals surface area (Å²) >= 11 is 0. The van der Waals surface area contributed by atoms with Crippen LogP contribution in [0.25, 0.3) is 50.2 Å². The lowest BCUT2D eigenvalue weighted by Crippen LogP contribution is -1.98. The Morgan fingerprint density at radius 1 is 0.800 bits per heavy atom. The zero-order valence-corrected chi connectivity index (χ0v) is 16.6. The minimum absolute atomic E-state index is 0.651. The predicted molar refractivity (Wildman–Crippen MR) is 119 cm³/mol. The highest BCUT2D eigenvalue weighted by molar-refractivity contribution is 6.08. The molecule has 4 aromatic heterocycles. The van der Waals surface area contributed by atoms with E-state index >= 15 is 0 Å². The van der Waals surface area contributed by atoms with Gasteiger partial charge in [-0.15, -0.1) is 0 Å². The summed E-state index contributed by atoms with van der Waals surface area (Å²) in [5.41, 5.74) is 7.34. The Hall–Kier alpha value is -3.99. The minimum atomic E-state index is 0.651. The van der Waals surface area contributed by atoms with Gasteiger partial charge in [0, 0.05) is 28.4 Å². The van der Waals surface area contributed by atoms with Gasteiger partial charge in [0.25, 0.3) is 0 Å². The first kappa shape index (κ1) is 16.9. The second-order valence-electron chi connectivity index (χ2n) is 7.52. The van der Waals surface area contributed by atoms with Crippen molar-refractivity contribution in [2.45, 2.75) is 13.8 Å². The highest BCUT2D eigenvalue weighted by atomic mass is 16.3. The highest BCUT2D eigenvalue weighted by Gasteiger charge is 2.20. The van der Waals surface area contributed by atoms with Crippen LogP contribution in [0, 0.1) is 13.8 Å². The highest BCUT2D eigenvalue weighted by Crippen LogP contribution is 2.37. The lowest BCUT2D eigenvalue weighted by molar-refractivity contribution is 0.653. The Bertz CT molecular complexity index is 1560. The van der Waals surface area contributed by atoms with E-state index in [1.807, 2.05) is 49.6 Å². The second-order valence-corrected chi connectivity index (χ2v) is 7.52. The van der Waals surface area contributed by atoms with Crippen LogP contribution in [0.3, 0.4) is 0 Å². The van der Waals surface area contributed by atoms with Gasteiger partial charge in [-0.3, -0.25) is 9.55 Å². The average molecular weight is 390 g/mol. The molecule has 0 amide bonds. The molecule has 0 atom stereocenters. The van der Waals surface area contributed by atoms with E-state index in [9.17, 15) is 0 Å². The third-order valence-electron chi connectivity index (χ3n) is 5.50. The molecule has 144 valence electrons. The molecule has 0 unspecified atom stereocenters. The Labute approximate surface area is 172 Å². The van der Waals surface area contributed by atoms with Crippen molar-refractivity contribution >= 4 is 33.1 Å². The van der Waals surface area contributed by atoms with Gasteiger partial charge in [0.1, 0.15) is 16.9 Å². The van der Waals surface area contributed by atoms with E-state index < -0.39 is 0 Å². The fourth-order valence-electron chi connectivity index (χ4n) is 4.14. The van der Waals surface area contributed by atoms with Crippen LogP contribution in [0.2, 0.25) is 0 Å². The van der Waals surface area contributed by atoms with Crippen LogP contribution < -0.4 is 0 Å². The topological polar surface area (TPSA) is 56.7 Å². The van der Waals surface area contributed by atoms with Crippen molar-refractivity contribution in [1.29, 1.82) is 0 Å². The van der Waals surface area contributed by atoms with Crippen LogP contribution in [0.4, 0.5) is 0 Å². The molecule has 0 saturated carbocycles. The Morgan fingerprint density at radius 2 is 1.67 bits per heavy atom. The third-order valence-corrected chi connectivity index (χ3v) is 5.50. The SMILES string of the molecule is Cc1ccc2c(n1)oc1c(-c3nc4cncc(C)c4n3-c3ccccc3)cccc12. The van der Waals surface area contributed by atoms with Crippen molar-refractivity contribution in [3.63, 3.8) is 0 Å². The lowest BCUT2D eigenvalue weighted by Gasteiger charge is -2.11. The van der Waals surface area contributed by atoms with Crippen molar-refractivity contribution in [3.8, 4) is 17.1 Å². The maximum Gasteiger partial charge on any atom is 0.227 e. The first-order valence-corrected chi connectivity index (χ1v) is 9.88. The summed E-state index contributed by atoms with van der Waals surface area (Å²) in [5.74, 6) is 0.827. The molecule has 2 aromatic carbocycles. The minimum Gasteiger partial charge on any atom is -0.437 e. The van der Waals surface area contributed by atoms with Crippen LogP contribution in [0.1, 0.15) is 11.3 Å². The van der Waals surface area contributed by atoms with Crippen LogP contribution in [-0.4, -0.2) is 19.5 Å². The molecule has 0 aliphatic carbocycles. The van der Waals surface area contributed by atoms with Crippen molar-refractivity contribution in [2.75, 3.05) is 0 Å². The number of benzene rings is 2. The molecule has 0 bridgehead atoms. The fraction of sp³-hybridized carbons (Fsp3) is 0.0800. The molecule has 5 nitrogen and oxygen atoms in total. The van der Waals surface area contributed by atoms with Gasteiger partial charge in [-0.05, 0) is 49.7 Å². The first-order chi connectivity index (χ1) is 14.7. The molecule has 6 aromatic rings. The van der Waals surface area contributed by atoms with E-state index in [0.717, 1.165) is 55.7 Å². The van der Waals surface area contributed by atoms with Crippen molar-refractivity contribution in [2.24, 2.45) is 0 Å². The monoisotopic (exact) mass is 390 g/mol. The molecular weight excluding hydrogens is 372 g/mol. The van der Waals surface area contributed by atoms with Crippen LogP contribution in [0.5, 0.6) is 0 Å². The molecule has 0 aliphatic rings. The Balaban J connectivity index is 1.75. The van der Waals surface area contributed by atoms with Gasteiger partial charge < -0.3 is 4.42 Å². The van der Waals surface area contributed by atoms with Gasteiger partial charge >= 0.3 is 0 Å². The van der Waals surface area contributed by atoms with Crippen LogP contribution in [-0.2, 0) is 0 Å². The molecule has 0 spiro atoms. The summed E-state index contributed by atoms with van der Waals surface area (Å²) in [6.07, 6.45) is 3.69. The maximum atomic E-state index is 6.26. The maximum absolute atomic E-state index is 6.26. The summed E-state index contributed by atoms with van der Waals surface area (Å²) in [5, 5.41) is 2.05. The van der Waals surface area contributed by atoms with Gasteiger partial charge in [-0.2, -0.15) is 0 Å². The van der Waals surface area contributed by atoms with Crippen LogP contribution >= 0.6 is 0 Å². The molecule has 0 aliphatic heterocycles. The summed E-state index contributed by atoms with van der Waals surface area (Å²) in [6, 6.07) is 20.5. The molecule has 0 radical (unpaired) electrons. The molecule has 0 saturated heterocycles. The number of aromatic nitrogens is 4. The van der Waals surface area contributed by atoms with E-state index in [1.165, 1.54) is 0 Å². The van der Waals surface area contributed by atoms with E-state index in [4.69, 9.17) is 9.40 Å². The summed E-state index contributed by atoms with van der Waals surface area (Å²) < 4.78 is 8.44. The summed E-state index contributed by atoms with van der Waals surface area (Å²) in [6.45, 7) is 4.03.